The van der Waals surface area contributed by atoms with Crippen molar-refractivity contribution in [3.05, 3.63) is 81.9 Å². The van der Waals surface area contributed by atoms with Crippen LogP contribution < -0.4 is 5.32 Å². The van der Waals surface area contributed by atoms with E-state index in [4.69, 9.17) is 11.6 Å². The summed E-state index contributed by atoms with van der Waals surface area (Å²) in [6, 6.07) is 16.8. The van der Waals surface area contributed by atoms with Crippen molar-refractivity contribution in [1.29, 1.82) is 0 Å². The monoisotopic (exact) mass is 390 g/mol. The number of halogens is 1. The van der Waals surface area contributed by atoms with E-state index in [2.05, 4.69) is 15.5 Å². The van der Waals surface area contributed by atoms with Gasteiger partial charge in [0.1, 0.15) is 11.0 Å². The second kappa shape index (κ2) is 7.09. The molecule has 0 saturated carbocycles. The molecule has 4 aromatic rings. The number of nitrogens with one attached hydrogen (secondary N) is 1. The number of aromatic nitrogens is 3. The molecule has 4 rings (SSSR count). The first-order valence-corrected chi connectivity index (χ1v) is 9.31. The first kappa shape index (κ1) is 18.2. The molecule has 1 N–H and O–H groups in total. The van der Waals surface area contributed by atoms with Gasteiger partial charge in [-0.2, -0.15) is 4.80 Å². The molecule has 0 radical (unpaired) electrons. The number of nitrogens with zero attached hydrogens (tertiary/aromatic N) is 3. The Morgan fingerprint density at radius 2 is 1.54 bits per heavy atom. The molecule has 140 valence electrons. The highest BCUT2D eigenvalue weighted by molar-refractivity contribution is 6.30. The van der Waals surface area contributed by atoms with Crippen LogP contribution in [0.15, 0.2) is 54.6 Å². The molecule has 0 spiro atoms. The Bertz CT molecular complexity index is 1200. The molecule has 0 unspecified atom stereocenters. The number of hydrogen-bond acceptors (Lipinski definition) is 3. The SMILES string of the molecule is Cc1ccc(C(=O)Nc2cc3nn(-c4ccc(Cl)cc4)nc3cc2C)cc1C. The lowest BCUT2D eigenvalue weighted by molar-refractivity contribution is 0.102. The molecule has 1 aromatic heterocycles. The van der Waals surface area contributed by atoms with Gasteiger partial charge >= 0.3 is 0 Å². The predicted octanol–water partition coefficient (Wildman–Crippen LogP) is 5.25. The van der Waals surface area contributed by atoms with Crippen molar-refractivity contribution in [2.24, 2.45) is 0 Å². The molecule has 28 heavy (non-hydrogen) atoms. The van der Waals surface area contributed by atoms with Gasteiger partial charge in [0.05, 0.1) is 5.69 Å². The first-order valence-electron chi connectivity index (χ1n) is 8.93. The molecule has 0 aliphatic rings. The normalized spacial score (nSPS) is 11.0. The number of fused-ring (bicyclic) bond motifs is 1. The minimum atomic E-state index is -0.143. The van der Waals surface area contributed by atoms with Gasteiger partial charge in [0, 0.05) is 16.3 Å². The lowest BCUT2D eigenvalue weighted by atomic mass is 10.1. The van der Waals surface area contributed by atoms with Crippen LogP contribution in [0.2, 0.25) is 5.02 Å². The van der Waals surface area contributed by atoms with Crippen LogP contribution in [-0.2, 0) is 0 Å². The van der Waals surface area contributed by atoms with Crippen LogP contribution in [0.5, 0.6) is 0 Å². The van der Waals surface area contributed by atoms with E-state index in [0.29, 0.717) is 16.1 Å². The summed E-state index contributed by atoms with van der Waals surface area (Å²) in [4.78, 5) is 14.2. The minimum absolute atomic E-state index is 0.143. The van der Waals surface area contributed by atoms with Gasteiger partial charge in [-0.25, -0.2) is 0 Å². The zero-order valence-electron chi connectivity index (χ0n) is 15.8. The number of aryl methyl sites for hydroxylation is 3. The molecule has 1 heterocycles. The summed E-state index contributed by atoms with van der Waals surface area (Å²) in [5.74, 6) is -0.143. The fourth-order valence-corrected chi connectivity index (χ4v) is 3.10. The minimum Gasteiger partial charge on any atom is -0.322 e. The van der Waals surface area contributed by atoms with Crippen molar-refractivity contribution >= 4 is 34.2 Å². The topological polar surface area (TPSA) is 59.8 Å². The smallest absolute Gasteiger partial charge is 0.255 e. The molecule has 1 amide bonds. The zero-order valence-corrected chi connectivity index (χ0v) is 16.6. The Kier molecular flexibility index (Phi) is 4.61. The van der Waals surface area contributed by atoms with E-state index < -0.39 is 0 Å². The summed E-state index contributed by atoms with van der Waals surface area (Å²) in [5, 5.41) is 12.7. The summed E-state index contributed by atoms with van der Waals surface area (Å²) >= 11 is 5.95. The van der Waals surface area contributed by atoms with Gasteiger partial charge in [0.15, 0.2) is 0 Å². The van der Waals surface area contributed by atoms with E-state index in [1.54, 1.807) is 16.9 Å². The summed E-state index contributed by atoms with van der Waals surface area (Å²) in [5.41, 5.74) is 6.81. The maximum absolute atomic E-state index is 12.7. The summed E-state index contributed by atoms with van der Waals surface area (Å²) in [7, 11) is 0. The molecule has 0 fully saturated rings. The van der Waals surface area contributed by atoms with Gasteiger partial charge in [-0.15, -0.1) is 10.2 Å². The van der Waals surface area contributed by atoms with Crippen molar-refractivity contribution < 1.29 is 4.79 Å². The number of rotatable bonds is 3. The molecular weight excluding hydrogens is 372 g/mol. The number of carbonyl (C=O) groups excluding carboxylic acids is 1. The van der Waals surface area contributed by atoms with Gasteiger partial charge in [0.2, 0.25) is 0 Å². The highest BCUT2D eigenvalue weighted by Crippen LogP contribution is 2.23. The summed E-state index contributed by atoms with van der Waals surface area (Å²) in [6.45, 7) is 5.97. The molecule has 0 aliphatic carbocycles. The fourth-order valence-electron chi connectivity index (χ4n) is 2.97. The molecule has 0 aliphatic heterocycles. The molecule has 6 heteroatoms. The van der Waals surface area contributed by atoms with E-state index in [0.717, 1.165) is 33.6 Å². The number of carbonyl (C=O) groups is 1. The van der Waals surface area contributed by atoms with E-state index in [9.17, 15) is 4.79 Å². The van der Waals surface area contributed by atoms with Crippen LogP contribution in [0.3, 0.4) is 0 Å². The Labute approximate surface area is 167 Å². The van der Waals surface area contributed by atoms with Crippen LogP contribution in [0.4, 0.5) is 5.69 Å². The van der Waals surface area contributed by atoms with E-state index in [1.165, 1.54) is 0 Å². The van der Waals surface area contributed by atoms with Crippen LogP contribution >= 0.6 is 11.6 Å². The van der Waals surface area contributed by atoms with Crippen molar-refractivity contribution in [3.63, 3.8) is 0 Å². The summed E-state index contributed by atoms with van der Waals surface area (Å²) < 4.78 is 0. The Hall–Kier alpha value is -3.18. The highest BCUT2D eigenvalue weighted by Gasteiger charge is 2.12. The Morgan fingerprint density at radius 1 is 0.857 bits per heavy atom. The van der Waals surface area contributed by atoms with Gasteiger partial charge in [-0.1, -0.05) is 17.7 Å². The van der Waals surface area contributed by atoms with Crippen LogP contribution in [0.1, 0.15) is 27.0 Å². The van der Waals surface area contributed by atoms with Crippen molar-refractivity contribution in [3.8, 4) is 5.69 Å². The Balaban J connectivity index is 1.65. The number of benzene rings is 3. The second-order valence-electron chi connectivity index (χ2n) is 6.87. The molecule has 3 aromatic carbocycles. The average molecular weight is 391 g/mol. The zero-order chi connectivity index (χ0) is 19.8. The van der Waals surface area contributed by atoms with Crippen molar-refractivity contribution in [2.75, 3.05) is 5.32 Å². The van der Waals surface area contributed by atoms with Crippen LogP contribution in [-0.4, -0.2) is 20.9 Å². The van der Waals surface area contributed by atoms with Crippen LogP contribution in [0, 0.1) is 20.8 Å². The number of anilines is 1. The third kappa shape index (κ3) is 3.49. The Morgan fingerprint density at radius 3 is 2.21 bits per heavy atom. The molecule has 0 atom stereocenters. The molecule has 5 nitrogen and oxygen atoms in total. The lowest BCUT2D eigenvalue weighted by Crippen LogP contribution is -2.13. The highest BCUT2D eigenvalue weighted by atomic mass is 35.5. The van der Waals surface area contributed by atoms with Gasteiger partial charge in [0.25, 0.3) is 5.91 Å². The molecular formula is C22H19ClN4O. The summed E-state index contributed by atoms with van der Waals surface area (Å²) in [6.07, 6.45) is 0. The van der Waals surface area contributed by atoms with E-state index in [-0.39, 0.29) is 5.91 Å². The predicted molar refractivity (Wildman–Crippen MR) is 112 cm³/mol. The molecule has 0 saturated heterocycles. The molecule has 0 bridgehead atoms. The first-order chi connectivity index (χ1) is 13.4. The van der Waals surface area contributed by atoms with Crippen LogP contribution in [0.25, 0.3) is 16.7 Å². The lowest BCUT2D eigenvalue weighted by Gasteiger charge is -2.09. The third-order valence-electron chi connectivity index (χ3n) is 4.80. The second-order valence-corrected chi connectivity index (χ2v) is 7.31. The third-order valence-corrected chi connectivity index (χ3v) is 5.05. The maximum Gasteiger partial charge on any atom is 0.255 e. The standard InChI is InChI=1S/C22H19ClN4O/c1-13-4-5-16(10-14(13)2)22(28)24-19-12-21-20(11-15(19)3)25-27(26-21)18-8-6-17(23)7-9-18/h4-12H,1-3H3,(H,24,28). The largest absolute Gasteiger partial charge is 0.322 e. The van der Waals surface area contributed by atoms with E-state index >= 15 is 0 Å². The number of hydrogen-bond donors (Lipinski definition) is 1. The fraction of sp³-hybridized carbons (Fsp3) is 0.136. The van der Waals surface area contributed by atoms with Crippen molar-refractivity contribution in [2.45, 2.75) is 20.8 Å². The van der Waals surface area contributed by atoms with Gasteiger partial charge in [-0.3, -0.25) is 4.79 Å². The van der Waals surface area contributed by atoms with Gasteiger partial charge < -0.3 is 5.32 Å². The number of amides is 1. The maximum atomic E-state index is 12.7. The quantitative estimate of drug-likeness (QED) is 0.519. The van der Waals surface area contributed by atoms with Crippen molar-refractivity contribution in [1.82, 2.24) is 15.0 Å². The van der Waals surface area contributed by atoms with E-state index in [1.807, 2.05) is 63.2 Å². The average Bonchev–Trinajstić information content (AvgIpc) is 3.07. The van der Waals surface area contributed by atoms with Gasteiger partial charge in [-0.05, 0) is 86.0 Å².